The maximum absolute atomic E-state index is 12.2. The summed E-state index contributed by atoms with van der Waals surface area (Å²) < 4.78 is 27.4. The van der Waals surface area contributed by atoms with E-state index in [4.69, 9.17) is 11.0 Å². The molecule has 2 aromatic rings. The second kappa shape index (κ2) is 7.25. The van der Waals surface area contributed by atoms with Crippen molar-refractivity contribution in [2.75, 3.05) is 12.3 Å². The molecule has 1 aromatic heterocycles. The summed E-state index contributed by atoms with van der Waals surface area (Å²) in [7, 11) is -3.82. The van der Waals surface area contributed by atoms with Gasteiger partial charge in [0, 0.05) is 18.5 Å². The van der Waals surface area contributed by atoms with Gasteiger partial charge in [-0.1, -0.05) is 12.1 Å². The zero-order valence-electron chi connectivity index (χ0n) is 13.3. The van der Waals surface area contributed by atoms with E-state index in [0.717, 1.165) is 10.9 Å². The highest BCUT2D eigenvalue weighted by Crippen LogP contribution is 2.12. The van der Waals surface area contributed by atoms with E-state index in [0.29, 0.717) is 5.56 Å². The molecule has 0 aliphatic heterocycles. The molecule has 0 atom stereocenters. The lowest BCUT2D eigenvalue weighted by Crippen LogP contribution is -2.28. The molecule has 1 aromatic carbocycles. The van der Waals surface area contributed by atoms with Crippen LogP contribution in [0.2, 0.25) is 0 Å². The quantitative estimate of drug-likeness (QED) is 0.714. The second-order valence-electron chi connectivity index (χ2n) is 5.09. The summed E-state index contributed by atoms with van der Waals surface area (Å²) in [6, 6.07) is 7.24. The van der Waals surface area contributed by atoms with Crippen LogP contribution in [0.15, 0.2) is 35.4 Å². The third-order valence-electron chi connectivity index (χ3n) is 3.37. The standard InChI is InChI=1S/C15H15N5O4S/c1-10(21)11-2-4-13(5-3-11)25(23,24)19-7-6-14(22)20-15(17)12(8-16)9-18-20/h2-5,9,19H,6-7,17H2,1H3. The van der Waals surface area contributed by atoms with Crippen LogP contribution in [0.4, 0.5) is 5.82 Å². The highest BCUT2D eigenvalue weighted by atomic mass is 32.2. The van der Waals surface area contributed by atoms with Crippen LogP contribution < -0.4 is 10.5 Å². The van der Waals surface area contributed by atoms with E-state index >= 15 is 0 Å². The molecule has 0 amide bonds. The number of nitrogens with two attached hydrogens (primary N) is 1. The molecule has 0 unspecified atom stereocenters. The Bertz CT molecular complexity index is 955. The highest BCUT2D eigenvalue weighted by Gasteiger charge is 2.17. The highest BCUT2D eigenvalue weighted by molar-refractivity contribution is 7.89. The van der Waals surface area contributed by atoms with Crippen molar-refractivity contribution in [3.63, 3.8) is 0 Å². The molecule has 3 N–H and O–H groups in total. The van der Waals surface area contributed by atoms with E-state index in [1.807, 2.05) is 0 Å². The van der Waals surface area contributed by atoms with Crippen LogP contribution in [-0.4, -0.2) is 36.4 Å². The Kier molecular flexibility index (Phi) is 5.31. The number of ketones is 1. The minimum atomic E-state index is -3.82. The minimum absolute atomic E-state index is 0.0182. The topological polar surface area (TPSA) is 148 Å². The molecule has 10 heteroatoms. The van der Waals surface area contributed by atoms with Crippen LogP contribution in [-0.2, 0) is 10.0 Å². The first-order valence-electron chi connectivity index (χ1n) is 7.13. The SMILES string of the molecule is CC(=O)c1ccc(S(=O)(=O)NCCC(=O)n2ncc(C#N)c2N)cc1. The van der Waals surface area contributed by atoms with Crippen molar-refractivity contribution in [2.45, 2.75) is 18.2 Å². The van der Waals surface area contributed by atoms with Crippen molar-refractivity contribution in [2.24, 2.45) is 0 Å². The van der Waals surface area contributed by atoms with Crippen molar-refractivity contribution in [1.82, 2.24) is 14.5 Å². The first-order chi connectivity index (χ1) is 11.8. The number of nitrogens with one attached hydrogen (secondary N) is 1. The molecule has 0 saturated heterocycles. The van der Waals surface area contributed by atoms with Crippen LogP contribution in [0, 0.1) is 11.3 Å². The smallest absolute Gasteiger partial charge is 0.250 e. The molecule has 0 aliphatic rings. The monoisotopic (exact) mass is 361 g/mol. The number of aromatic nitrogens is 2. The van der Waals surface area contributed by atoms with Gasteiger partial charge in [-0.15, -0.1) is 0 Å². The Morgan fingerprint density at radius 2 is 1.96 bits per heavy atom. The number of Topliss-reactive ketones (excluding diaryl/α,β-unsaturated/α-hetero) is 1. The zero-order valence-corrected chi connectivity index (χ0v) is 14.1. The van der Waals surface area contributed by atoms with Gasteiger partial charge in [0.1, 0.15) is 17.5 Å². The number of rotatable bonds is 6. The molecule has 0 aliphatic carbocycles. The van der Waals surface area contributed by atoms with Gasteiger partial charge in [-0.2, -0.15) is 15.0 Å². The van der Waals surface area contributed by atoms with Gasteiger partial charge in [0.2, 0.25) is 15.9 Å². The van der Waals surface area contributed by atoms with E-state index in [1.54, 1.807) is 6.07 Å². The molecule has 0 fully saturated rings. The maximum Gasteiger partial charge on any atom is 0.250 e. The first-order valence-corrected chi connectivity index (χ1v) is 8.62. The summed E-state index contributed by atoms with van der Waals surface area (Å²) in [5.74, 6) is -0.806. The molecular formula is C15H15N5O4S. The number of carbonyl (C=O) groups excluding carboxylic acids is 2. The van der Waals surface area contributed by atoms with Gasteiger partial charge in [-0.05, 0) is 19.1 Å². The predicted molar refractivity (Wildman–Crippen MR) is 88.2 cm³/mol. The minimum Gasteiger partial charge on any atom is -0.382 e. The third-order valence-corrected chi connectivity index (χ3v) is 4.84. The maximum atomic E-state index is 12.2. The molecule has 25 heavy (non-hydrogen) atoms. The summed E-state index contributed by atoms with van der Waals surface area (Å²) in [5, 5.41) is 12.5. The van der Waals surface area contributed by atoms with Crippen molar-refractivity contribution >= 4 is 27.5 Å². The number of nitrogens with zero attached hydrogens (tertiary/aromatic N) is 3. The van der Waals surface area contributed by atoms with Gasteiger partial charge < -0.3 is 5.73 Å². The number of hydrogen-bond acceptors (Lipinski definition) is 7. The molecule has 9 nitrogen and oxygen atoms in total. The van der Waals surface area contributed by atoms with Crippen molar-refractivity contribution in [1.29, 1.82) is 5.26 Å². The largest absolute Gasteiger partial charge is 0.382 e. The van der Waals surface area contributed by atoms with Crippen LogP contribution in [0.5, 0.6) is 0 Å². The summed E-state index contributed by atoms with van der Waals surface area (Å²) in [6.45, 7) is 1.21. The normalized spacial score (nSPS) is 11.0. The Labute approximate surface area is 144 Å². The summed E-state index contributed by atoms with van der Waals surface area (Å²) in [6.07, 6.45) is 0.968. The Morgan fingerprint density at radius 1 is 1.32 bits per heavy atom. The summed E-state index contributed by atoms with van der Waals surface area (Å²) in [5.41, 5.74) is 6.06. The number of benzene rings is 1. The molecule has 0 saturated carbocycles. The number of nitrogen functional groups attached to an aromatic ring is 1. The zero-order chi connectivity index (χ0) is 18.6. The van der Waals surface area contributed by atoms with Gasteiger partial charge in [0.15, 0.2) is 5.78 Å². The van der Waals surface area contributed by atoms with Gasteiger partial charge in [0.25, 0.3) is 0 Å². The van der Waals surface area contributed by atoms with Gasteiger partial charge in [-0.3, -0.25) is 9.59 Å². The lowest BCUT2D eigenvalue weighted by atomic mass is 10.2. The second-order valence-corrected chi connectivity index (χ2v) is 6.86. The van der Waals surface area contributed by atoms with Crippen LogP contribution >= 0.6 is 0 Å². The van der Waals surface area contributed by atoms with E-state index in [9.17, 15) is 18.0 Å². The summed E-state index contributed by atoms with van der Waals surface area (Å²) in [4.78, 5) is 23.2. The van der Waals surface area contributed by atoms with E-state index in [2.05, 4.69) is 9.82 Å². The number of sulfonamides is 1. The van der Waals surface area contributed by atoms with Crippen LogP contribution in [0.3, 0.4) is 0 Å². The fraction of sp³-hybridized carbons (Fsp3) is 0.200. The lowest BCUT2D eigenvalue weighted by molar-refractivity contribution is 0.0891. The Morgan fingerprint density at radius 3 is 2.48 bits per heavy atom. The van der Waals surface area contributed by atoms with Crippen molar-refractivity contribution < 1.29 is 18.0 Å². The molecule has 2 rings (SSSR count). The summed E-state index contributed by atoms with van der Waals surface area (Å²) >= 11 is 0. The van der Waals surface area contributed by atoms with Gasteiger partial charge in [0.05, 0.1) is 11.1 Å². The average molecular weight is 361 g/mol. The Balaban J connectivity index is 2.00. The molecule has 0 spiro atoms. The van der Waals surface area contributed by atoms with Gasteiger partial charge in [-0.25, -0.2) is 13.1 Å². The van der Waals surface area contributed by atoms with Gasteiger partial charge >= 0.3 is 0 Å². The van der Waals surface area contributed by atoms with E-state index in [-0.39, 0.29) is 35.0 Å². The molecular weight excluding hydrogens is 346 g/mol. The van der Waals surface area contributed by atoms with E-state index < -0.39 is 15.9 Å². The van der Waals surface area contributed by atoms with E-state index in [1.165, 1.54) is 31.2 Å². The van der Waals surface area contributed by atoms with Crippen molar-refractivity contribution in [3.8, 4) is 6.07 Å². The number of anilines is 1. The number of carbonyl (C=O) groups is 2. The molecule has 0 bridgehead atoms. The number of nitriles is 1. The molecule has 0 radical (unpaired) electrons. The molecule has 1 heterocycles. The lowest BCUT2D eigenvalue weighted by Gasteiger charge is -2.07. The fourth-order valence-electron chi connectivity index (χ4n) is 1.99. The van der Waals surface area contributed by atoms with Crippen molar-refractivity contribution in [3.05, 3.63) is 41.6 Å². The average Bonchev–Trinajstić information content (AvgIpc) is 2.95. The first kappa shape index (κ1) is 18.3. The van der Waals surface area contributed by atoms with Crippen LogP contribution in [0.1, 0.15) is 34.1 Å². The third kappa shape index (κ3) is 4.09. The Hall–Kier alpha value is -3.03. The predicted octanol–water partition coefficient (Wildman–Crippen LogP) is 0.548. The molecule has 130 valence electrons. The van der Waals surface area contributed by atoms with Crippen LogP contribution in [0.25, 0.3) is 0 Å². The fourth-order valence-corrected chi connectivity index (χ4v) is 3.02. The number of hydrogen-bond donors (Lipinski definition) is 2.